The second-order valence-electron chi connectivity index (χ2n) is 7.03. The first-order valence-corrected chi connectivity index (χ1v) is 9.81. The smallest absolute Gasteiger partial charge is 1.00 e. The number of carbonyl (C=O) groups excluding carboxylic acids is 1. The maximum Gasteiger partial charge on any atom is 1.00 e. The van der Waals surface area contributed by atoms with E-state index in [4.69, 9.17) is 17.5 Å². The summed E-state index contributed by atoms with van der Waals surface area (Å²) in [6.45, 7) is 10.9. The Kier molecular flexibility index (Phi) is 14.1. The van der Waals surface area contributed by atoms with Gasteiger partial charge < -0.3 is 1.43 Å². The van der Waals surface area contributed by atoms with E-state index in [9.17, 15) is 4.79 Å². The second-order valence-corrected chi connectivity index (χ2v) is 7.92. The van der Waals surface area contributed by atoms with E-state index in [1.54, 1.807) is 6.08 Å². The van der Waals surface area contributed by atoms with Crippen LogP contribution >= 0.6 is 0 Å². The molecule has 0 aromatic rings. The molecular formula is C20H31NaO5S. The van der Waals surface area contributed by atoms with Crippen molar-refractivity contribution in [2.75, 3.05) is 0 Å². The summed E-state index contributed by atoms with van der Waals surface area (Å²) in [7, 11) is -4.67. The van der Waals surface area contributed by atoms with E-state index in [1.165, 1.54) is 36.0 Å². The largest absolute Gasteiger partial charge is 1.00 e. The van der Waals surface area contributed by atoms with Crippen molar-refractivity contribution in [2.24, 2.45) is 5.41 Å². The molecule has 0 heterocycles. The number of aldehydes is 1. The van der Waals surface area contributed by atoms with Crippen LogP contribution in [0.3, 0.4) is 0 Å². The van der Waals surface area contributed by atoms with Gasteiger partial charge in [0.25, 0.3) is 0 Å². The molecule has 0 aromatic heterocycles. The molecule has 2 N–H and O–H groups in total. The van der Waals surface area contributed by atoms with Gasteiger partial charge in [0.15, 0.2) is 0 Å². The van der Waals surface area contributed by atoms with Gasteiger partial charge in [0.05, 0.1) is 0 Å². The van der Waals surface area contributed by atoms with E-state index < -0.39 is 10.4 Å². The third-order valence-corrected chi connectivity index (χ3v) is 4.10. The van der Waals surface area contributed by atoms with Gasteiger partial charge >= 0.3 is 40.0 Å². The average Bonchev–Trinajstić information content (AvgIpc) is 2.44. The summed E-state index contributed by atoms with van der Waals surface area (Å²) < 4.78 is 31.6. The van der Waals surface area contributed by atoms with E-state index in [-0.39, 0.29) is 36.4 Å². The van der Waals surface area contributed by atoms with E-state index in [2.05, 4.69) is 45.9 Å². The van der Waals surface area contributed by atoms with Gasteiger partial charge in [-0.05, 0) is 62.7 Å². The van der Waals surface area contributed by atoms with Gasteiger partial charge in [-0.1, -0.05) is 55.4 Å². The molecule has 1 rings (SSSR count). The summed E-state index contributed by atoms with van der Waals surface area (Å²) in [6, 6.07) is 0. The number of allylic oxidation sites excluding steroid dienone is 10. The molecular weight excluding hydrogens is 375 g/mol. The normalized spacial score (nSPS) is 18.2. The molecule has 0 saturated carbocycles. The maximum absolute atomic E-state index is 10.3. The SMILES string of the molecule is CC1=C(/C=C/C(C)=C/C=C/C(C)=C/C=O)C(C)(C)CCC1.O=S(=O)(O)O.[H-].[Na+]. The third kappa shape index (κ3) is 14.9. The van der Waals surface area contributed by atoms with Crippen molar-refractivity contribution in [3.63, 3.8) is 0 Å². The predicted molar refractivity (Wildman–Crippen MR) is 107 cm³/mol. The van der Waals surface area contributed by atoms with Gasteiger partial charge in [0.1, 0.15) is 6.29 Å². The fraction of sp³-hybridized carbons (Fsp3) is 0.450. The number of rotatable bonds is 5. The molecule has 0 radical (unpaired) electrons. The zero-order valence-corrected chi connectivity index (χ0v) is 20.0. The number of carbonyl (C=O) groups is 1. The molecule has 0 unspecified atom stereocenters. The van der Waals surface area contributed by atoms with Gasteiger partial charge in [-0.3, -0.25) is 13.9 Å². The quantitative estimate of drug-likeness (QED) is 0.240. The molecule has 5 nitrogen and oxygen atoms in total. The molecule has 0 aromatic carbocycles. The molecule has 1 aliphatic carbocycles. The summed E-state index contributed by atoms with van der Waals surface area (Å²) in [5, 5.41) is 0. The fourth-order valence-electron chi connectivity index (χ4n) is 2.80. The van der Waals surface area contributed by atoms with Crippen molar-refractivity contribution < 1.29 is 53.3 Å². The average molecular weight is 407 g/mol. The van der Waals surface area contributed by atoms with Crippen LogP contribution in [0, 0.1) is 5.41 Å². The summed E-state index contributed by atoms with van der Waals surface area (Å²) in [5.74, 6) is 0. The minimum Gasteiger partial charge on any atom is -1.00 e. The van der Waals surface area contributed by atoms with E-state index in [1.807, 2.05) is 19.1 Å². The molecule has 0 fully saturated rings. The first kappa shape index (κ1) is 28.4. The Morgan fingerprint density at radius 1 is 1.11 bits per heavy atom. The topological polar surface area (TPSA) is 91.7 Å². The monoisotopic (exact) mass is 406 g/mol. The van der Waals surface area contributed by atoms with E-state index >= 15 is 0 Å². The second kappa shape index (κ2) is 13.4. The van der Waals surface area contributed by atoms with Crippen LogP contribution in [0.15, 0.2) is 58.7 Å². The van der Waals surface area contributed by atoms with Crippen LogP contribution in [0.5, 0.6) is 0 Å². The van der Waals surface area contributed by atoms with Crippen molar-refractivity contribution in [1.29, 1.82) is 0 Å². The van der Waals surface area contributed by atoms with Gasteiger partial charge in [-0.2, -0.15) is 8.42 Å². The molecule has 0 amide bonds. The van der Waals surface area contributed by atoms with Crippen molar-refractivity contribution in [1.82, 2.24) is 0 Å². The van der Waals surface area contributed by atoms with Crippen LogP contribution in [0.2, 0.25) is 0 Å². The van der Waals surface area contributed by atoms with Crippen LogP contribution < -0.4 is 29.6 Å². The Hall–Kier alpha value is -0.760. The minimum absolute atomic E-state index is 0. The molecule has 27 heavy (non-hydrogen) atoms. The first-order valence-electron chi connectivity index (χ1n) is 8.42. The molecule has 1 aliphatic rings. The Morgan fingerprint density at radius 2 is 1.63 bits per heavy atom. The molecule has 0 saturated heterocycles. The molecule has 0 spiro atoms. The minimum atomic E-state index is -4.67. The van der Waals surface area contributed by atoms with Crippen LogP contribution in [0.25, 0.3) is 0 Å². The van der Waals surface area contributed by atoms with Crippen molar-refractivity contribution in [2.45, 2.75) is 53.9 Å². The third-order valence-electron chi connectivity index (χ3n) is 4.10. The zero-order valence-electron chi connectivity index (χ0n) is 18.2. The molecule has 148 valence electrons. The Labute approximate surface area is 187 Å². The molecule has 0 atom stereocenters. The van der Waals surface area contributed by atoms with Gasteiger partial charge in [-0.25, -0.2) is 0 Å². The summed E-state index contributed by atoms with van der Waals surface area (Å²) in [5.41, 5.74) is 5.48. The summed E-state index contributed by atoms with van der Waals surface area (Å²) in [6.07, 6.45) is 16.6. The Bertz CT molecular complexity index is 737. The summed E-state index contributed by atoms with van der Waals surface area (Å²) in [4.78, 5) is 10.3. The molecule has 0 aliphatic heterocycles. The summed E-state index contributed by atoms with van der Waals surface area (Å²) >= 11 is 0. The fourth-order valence-corrected chi connectivity index (χ4v) is 2.80. The van der Waals surface area contributed by atoms with Crippen molar-refractivity contribution in [3.8, 4) is 0 Å². The zero-order chi connectivity index (χ0) is 20.4. The van der Waals surface area contributed by atoms with Gasteiger partial charge in [-0.15, -0.1) is 0 Å². The van der Waals surface area contributed by atoms with Crippen LogP contribution in [-0.4, -0.2) is 23.8 Å². The van der Waals surface area contributed by atoms with Crippen LogP contribution in [0.4, 0.5) is 0 Å². The number of hydrogen-bond donors (Lipinski definition) is 2. The van der Waals surface area contributed by atoms with Crippen LogP contribution in [0.1, 0.15) is 55.3 Å². The standard InChI is InChI=1S/C20H28O.Na.H2O4S.H/c1-16(8-6-9-17(2)13-15-21)11-12-19-18(3)10-7-14-20(19,4)5;;1-5(2,3)4;/h6,8-9,11-13,15H,7,10,14H2,1-5H3;;(H2,1,2,3,4);/q;+1;;-1/b9-6+,12-11+,16-8+,17-13+;;;. The predicted octanol–water partition coefficient (Wildman–Crippen LogP) is 2.18. The Balaban J connectivity index is -0.000000793. The van der Waals surface area contributed by atoms with Gasteiger partial charge in [0.2, 0.25) is 0 Å². The van der Waals surface area contributed by atoms with E-state index in [0.29, 0.717) is 0 Å². The van der Waals surface area contributed by atoms with Gasteiger partial charge in [0, 0.05) is 0 Å². The maximum atomic E-state index is 10.3. The molecule has 0 bridgehead atoms. The molecule has 7 heteroatoms. The first-order chi connectivity index (χ1) is 11.9. The number of hydrogen-bond acceptors (Lipinski definition) is 3. The Morgan fingerprint density at radius 3 is 2.11 bits per heavy atom. The van der Waals surface area contributed by atoms with Crippen LogP contribution in [-0.2, 0) is 15.2 Å². The van der Waals surface area contributed by atoms with Crippen molar-refractivity contribution in [3.05, 3.63) is 58.7 Å². The van der Waals surface area contributed by atoms with E-state index in [0.717, 1.165) is 11.9 Å². The van der Waals surface area contributed by atoms with Crippen molar-refractivity contribution >= 4 is 16.7 Å².